The molecule has 2 heterocycles. The fourth-order valence-corrected chi connectivity index (χ4v) is 1.66. The molecular formula is C10H16N4O2. The van der Waals surface area contributed by atoms with E-state index in [-0.39, 0.29) is 12.1 Å². The Morgan fingerprint density at radius 1 is 1.62 bits per heavy atom. The van der Waals surface area contributed by atoms with E-state index < -0.39 is 0 Å². The van der Waals surface area contributed by atoms with Gasteiger partial charge in [0, 0.05) is 19.2 Å². The third-order valence-corrected chi connectivity index (χ3v) is 2.46. The van der Waals surface area contributed by atoms with Gasteiger partial charge in [-0.3, -0.25) is 0 Å². The van der Waals surface area contributed by atoms with Crippen LogP contribution in [0.3, 0.4) is 0 Å². The molecule has 1 unspecified atom stereocenters. The van der Waals surface area contributed by atoms with Gasteiger partial charge in [0.25, 0.3) is 0 Å². The van der Waals surface area contributed by atoms with Crippen LogP contribution in [0.4, 0.5) is 11.8 Å². The molecule has 0 bridgehead atoms. The van der Waals surface area contributed by atoms with E-state index in [4.69, 9.17) is 15.2 Å². The summed E-state index contributed by atoms with van der Waals surface area (Å²) in [5, 5.41) is 3.17. The molecule has 0 spiro atoms. The quantitative estimate of drug-likeness (QED) is 0.781. The van der Waals surface area contributed by atoms with Gasteiger partial charge in [-0.1, -0.05) is 0 Å². The highest BCUT2D eigenvalue weighted by Crippen LogP contribution is 2.16. The maximum absolute atomic E-state index is 5.55. The molecule has 0 aromatic carbocycles. The number of hydrogen-bond acceptors (Lipinski definition) is 6. The molecule has 0 aliphatic carbocycles. The molecule has 3 N–H and O–H groups in total. The molecule has 1 aliphatic heterocycles. The predicted octanol–water partition coefficient (Wildman–Crippen LogP) is 0.658. The van der Waals surface area contributed by atoms with E-state index >= 15 is 0 Å². The SMILES string of the molecule is COc1cc(NCC2CCCO2)nc(N)n1. The smallest absolute Gasteiger partial charge is 0.225 e. The summed E-state index contributed by atoms with van der Waals surface area (Å²) in [6.07, 6.45) is 2.48. The number of anilines is 2. The fraction of sp³-hybridized carbons (Fsp3) is 0.600. The van der Waals surface area contributed by atoms with Crippen molar-refractivity contribution in [1.82, 2.24) is 9.97 Å². The summed E-state index contributed by atoms with van der Waals surface area (Å²) in [5.41, 5.74) is 5.55. The largest absolute Gasteiger partial charge is 0.481 e. The van der Waals surface area contributed by atoms with Gasteiger partial charge in [-0.05, 0) is 12.8 Å². The molecule has 1 saturated heterocycles. The summed E-state index contributed by atoms with van der Waals surface area (Å²) in [5.74, 6) is 1.33. The molecule has 16 heavy (non-hydrogen) atoms. The van der Waals surface area contributed by atoms with Gasteiger partial charge < -0.3 is 20.5 Å². The Morgan fingerprint density at radius 2 is 2.50 bits per heavy atom. The average molecular weight is 224 g/mol. The van der Waals surface area contributed by atoms with E-state index in [1.165, 1.54) is 0 Å². The molecule has 88 valence electrons. The first-order valence-electron chi connectivity index (χ1n) is 5.32. The summed E-state index contributed by atoms with van der Waals surface area (Å²) in [4.78, 5) is 7.97. The number of methoxy groups -OCH3 is 1. The molecular weight excluding hydrogens is 208 g/mol. The van der Waals surface area contributed by atoms with Crippen molar-refractivity contribution in [3.63, 3.8) is 0 Å². The lowest BCUT2D eigenvalue weighted by Gasteiger charge is -2.11. The number of ether oxygens (including phenoxy) is 2. The average Bonchev–Trinajstić information content (AvgIpc) is 2.78. The molecule has 6 nitrogen and oxygen atoms in total. The van der Waals surface area contributed by atoms with E-state index in [1.807, 2.05) is 0 Å². The van der Waals surface area contributed by atoms with E-state index in [0.29, 0.717) is 11.7 Å². The Balaban J connectivity index is 1.94. The van der Waals surface area contributed by atoms with Gasteiger partial charge in [0.05, 0.1) is 13.2 Å². The summed E-state index contributed by atoms with van der Waals surface area (Å²) >= 11 is 0. The van der Waals surface area contributed by atoms with Crippen LogP contribution in [0.25, 0.3) is 0 Å². The highest BCUT2D eigenvalue weighted by molar-refractivity contribution is 5.42. The van der Waals surface area contributed by atoms with Crippen molar-refractivity contribution in [3.05, 3.63) is 6.07 Å². The van der Waals surface area contributed by atoms with Crippen molar-refractivity contribution in [2.45, 2.75) is 18.9 Å². The molecule has 6 heteroatoms. The third-order valence-electron chi connectivity index (χ3n) is 2.46. The molecule has 1 atom stereocenters. The van der Waals surface area contributed by atoms with E-state index in [2.05, 4.69) is 15.3 Å². The maximum atomic E-state index is 5.55. The van der Waals surface area contributed by atoms with Crippen molar-refractivity contribution in [2.75, 3.05) is 31.3 Å². The lowest BCUT2D eigenvalue weighted by molar-refractivity contribution is 0.120. The minimum absolute atomic E-state index is 0.203. The first kappa shape index (κ1) is 10.9. The van der Waals surface area contributed by atoms with Gasteiger partial charge in [0.2, 0.25) is 11.8 Å². The van der Waals surface area contributed by atoms with Crippen LogP contribution < -0.4 is 15.8 Å². The first-order valence-corrected chi connectivity index (χ1v) is 5.32. The number of nitrogen functional groups attached to an aromatic ring is 1. The van der Waals surface area contributed by atoms with Crippen LogP contribution >= 0.6 is 0 Å². The van der Waals surface area contributed by atoms with Crippen LogP contribution in [0.15, 0.2) is 6.07 Å². The second-order valence-electron chi connectivity index (χ2n) is 3.67. The predicted molar refractivity (Wildman–Crippen MR) is 60.5 cm³/mol. The number of rotatable bonds is 4. The van der Waals surface area contributed by atoms with E-state index in [0.717, 1.165) is 26.0 Å². The summed E-state index contributed by atoms with van der Waals surface area (Å²) in [7, 11) is 1.55. The van der Waals surface area contributed by atoms with Gasteiger partial charge in [-0.15, -0.1) is 0 Å². The zero-order valence-electron chi connectivity index (χ0n) is 9.27. The minimum atomic E-state index is 0.203. The van der Waals surface area contributed by atoms with Gasteiger partial charge >= 0.3 is 0 Å². The van der Waals surface area contributed by atoms with Crippen LogP contribution in [-0.2, 0) is 4.74 Å². The molecule has 2 rings (SSSR count). The molecule has 1 aliphatic rings. The van der Waals surface area contributed by atoms with Crippen LogP contribution in [0.1, 0.15) is 12.8 Å². The summed E-state index contributed by atoms with van der Waals surface area (Å²) in [6.45, 7) is 1.58. The van der Waals surface area contributed by atoms with Crippen LogP contribution in [0.2, 0.25) is 0 Å². The van der Waals surface area contributed by atoms with E-state index in [9.17, 15) is 0 Å². The molecule has 1 aromatic heterocycles. The summed E-state index contributed by atoms with van der Waals surface area (Å²) < 4.78 is 10.5. The Labute approximate surface area is 94.2 Å². The fourth-order valence-electron chi connectivity index (χ4n) is 1.66. The highest BCUT2D eigenvalue weighted by Gasteiger charge is 2.15. The van der Waals surface area contributed by atoms with Gasteiger partial charge in [-0.2, -0.15) is 9.97 Å². The Bertz CT molecular complexity index is 353. The molecule has 1 aromatic rings. The molecule has 0 saturated carbocycles. The summed E-state index contributed by atoms with van der Waals surface area (Å²) in [6, 6.07) is 1.71. The second kappa shape index (κ2) is 4.98. The molecule has 0 radical (unpaired) electrons. The number of nitrogens with one attached hydrogen (secondary N) is 1. The normalized spacial score (nSPS) is 19.7. The Morgan fingerprint density at radius 3 is 3.19 bits per heavy atom. The minimum Gasteiger partial charge on any atom is -0.481 e. The van der Waals surface area contributed by atoms with Crippen molar-refractivity contribution >= 4 is 11.8 Å². The molecule has 0 amide bonds. The number of nitrogens with zero attached hydrogens (tertiary/aromatic N) is 2. The zero-order valence-corrected chi connectivity index (χ0v) is 9.27. The lowest BCUT2D eigenvalue weighted by atomic mass is 10.2. The Kier molecular flexibility index (Phi) is 3.40. The number of hydrogen-bond donors (Lipinski definition) is 2. The van der Waals surface area contributed by atoms with Gasteiger partial charge in [0.1, 0.15) is 5.82 Å². The Hall–Kier alpha value is -1.56. The lowest BCUT2D eigenvalue weighted by Crippen LogP contribution is -2.19. The molecule has 1 fully saturated rings. The van der Waals surface area contributed by atoms with Gasteiger partial charge in [-0.25, -0.2) is 0 Å². The van der Waals surface area contributed by atoms with E-state index in [1.54, 1.807) is 13.2 Å². The van der Waals surface area contributed by atoms with Crippen molar-refractivity contribution in [2.24, 2.45) is 0 Å². The van der Waals surface area contributed by atoms with Crippen molar-refractivity contribution in [1.29, 1.82) is 0 Å². The second-order valence-corrected chi connectivity index (χ2v) is 3.67. The van der Waals surface area contributed by atoms with Crippen LogP contribution in [0, 0.1) is 0 Å². The van der Waals surface area contributed by atoms with Crippen LogP contribution in [0.5, 0.6) is 5.88 Å². The number of aromatic nitrogens is 2. The van der Waals surface area contributed by atoms with Gasteiger partial charge in [0.15, 0.2) is 0 Å². The van der Waals surface area contributed by atoms with Crippen molar-refractivity contribution in [3.8, 4) is 5.88 Å². The third kappa shape index (κ3) is 2.73. The standard InChI is InChI=1S/C10H16N4O2/c1-15-9-5-8(13-10(11)14-9)12-6-7-3-2-4-16-7/h5,7H,2-4,6H2,1H3,(H3,11,12,13,14). The zero-order chi connectivity index (χ0) is 11.4. The van der Waals surface area contributed by atoms with Crippen molar-refractivity contribution < 1.29 is 9.47 Å². The topological polar surface area (TPSA) is 82.3 Å². The number of nitrogens with two attached hydrogens (primary N) is 1. The first-order chi connectivity index (χ1) is 7.78. The van der Waals surface area contributed by atoms with Crippen LogP contribution in [-0.4, -0.2) is 36.3 Å². The monoisotopic (exact) mass is 224 g/mol. The maximum Gasteiger partial charge on any atom is 0.225 e. The highest BCUT2D eigenvalue weighted by atomic mass is 16.5.